The van der Waals surface area contributed by atoms with Crippen molar-refractivity contribution in [3.63, 3.8) is 0 Å². The number of carbonyl (C=O) groups excluding carboxylic acids is 2. The second-order valence-electron chi connectivity index (χ2n) is 7.57. The van der Waals surface area contributed by atoms with Gasteiger partial charge in [-0.1, -0.05) is 19.1 Å². The van der Waals surface area contributed by atoms with Crippen LogP contribution in [0.2, 0.25) is 0 Å². The molecule has 1 aromatic carbocycles. The maximum Gasteiger partial charge on any atom is 0.244 e. The van der Waals surface area contributed by atoms with E-state index in [1.54, 1.807) is 6.08 Å². The quantitative estimate of drug-likeness (QED) is 0.727. The van der Waals surface area contributed by atoms with E-state index in [2.05, 4.69) is 17.6 Å². The van der Waals surface area contributed by atoms with E-state index < -0.39 is 0 Å². The standard InChI is InChI=1S/C22H24N2O3/c1-14-11-19(14)20-9-7-18(27-20)8-10-21(25)23-13-15-3-2-4-17(12-15)24-22(26)16-5-6-16/h2-4,7-10,12,14,16,19H,5-6,11,13H2,1H3,(H,23,25)(H,24,26)/b10-8+. The Labute approximate surface area is 158 Å². The third-order valence-corrected chi connectivity index (χ3v) is 5.13. The minimum atomic E-state index is -0.180. The van der Waals surface area contributed by atoms with Gasteiger partial charge in [-0.3, -0.25) is 9.59 Å². The number of anilines is 1. The lowest BCUT2D eigenvalue weighted by molar-refractivity contribution is -0.117. The summed E-state index contributed by atoms with van der Waals surface area (Å²) in [5.41, 5.74) is 1.71. The van der Waals surface area contributed by atoms with Gasteiger partial charge in [0.25, 0.3) is 0 Å². The molecule has 2 amide bonds. The Bertz CT molecular complexity index is 879. The summed E-state index contributed by atoms with van der Waals surface area (Å²) < 4.78 is 5.76. The van der Waals surface area contributed by atoms with Crippen LogP contribution in [0.25, 0.3) is 6.08 Å². The number of amides is 2. The molecule has 2 aromatic rings. The van der Waals surface area contributed by atoms with E-state index in [9.17, 15) is 9.59 Å². The van der Waals surface area contributed by atoms with Crippen molar-refractivity contribution < 1.29 is 14.0 Å². The van der Waals surface area contributed by atoms with E-state index in [-0.39, 0.29) is 17.7 Å². The molecule has 2 N–H and O–H groups in total. The van der Waals surface area contributed by atoms with E-state index in [1.165, 1.54) is 12.5 Å². The average molecular weight is 364 g/mol. The summed E-state index contributed by atoms with van der Waals surface area (Å²) in [6.45, 7) is 2.61. The van der Waals surface area contributed by atoms with Crippen LogP contribution in [0.15, 0.2) is 46.9 Å². The van der Waals surface area contributed by atoms with Crippen molar-refractivity contribution in [2.75, 3.05) is 5.32 Å². The van der Waals surface area contributed by atoms with Gasteiger partial charge in [0.05, 0.1) is 0 Å². The molecule has 0 spiro atoms. The molecule has 2 saturated carbocycles. The normalized spacial score (nSPS) is 21.2. The monoisotopic (exact) mass is 364 g/mol. The zero-order valence-electron chi connectivity index (χ0n) is 15.4. The van der Waals surface area contributed by atoms with Crippen molar-refractivity contribution in [1.29, 1.82) is 0 Å². The number of benzene rings is 1. The van der Waals surface area contributed by atoms with Crippen LogP contribution in [0, 0.1) is 11.8 Å². The average Bonchev–Trinajstić information content (AvgIpc) is 3.58. The third kappa shape index (κ3) is 4.67. The highest BCUT2D eigenvalue weighted by molar-refractivity contribution is 5.94. The van der Waals surface area contributed by atoms with Gasteiger partial charge in [-0.25, -0.2) is 0 Å². The van der Waals surface area contributed by atoms with Crippen LogP contribution in [-0.4, -0.2) is 11.8 Å². The lowest BCUT2D eigenvalue weighted by atomic mass is 10.2. The summed E-state index contributed by atoms with van der Waals surface area (Å²) >= 11 is 0. The fourth-order valence-electron chi connectivity index (χ4n) is 3.13. The van der Waals surface area contributed by atoms with Crippen molar-refractivity contribution in [3.8, 4) is 0 Å². The van der Waals surface area contributed by atoms with E-state index in [4.69, 9.17) is 4.42 Å². The lowest BCUT2D eigenvalue weighted by Crippen LogP contribution is -2.20. The van der Waals surface area contributed by atoms with Crippen molar-refractivity contribution in [2.24, 2.45) is 11.8 Å². The van der Waals surface area contributed by atoms with Crippen LogP contribution in [0.3, 0.4) is 0 Å². The van der Waals surface area contributed by atoms with Gasteiger partial charge in [0.1, 0.15) is 11.5 Å². The predicted molar refractivity (Wildman–Crippen MR) is 104 cm³/mol. The first kappa shape index (κ1) is 17.6. The molecule has 0 saturated heterocycles. The molecule has 5 nitrogen and oxygen atoms in total. The highest BCUT2D eigenvalue weighted by Gasteiger charge is 2.36. The van der Waals surface area contributed by atoms with Crippen LogP contribution >= 0.6 is 0 Å². The summed E-state index contributed by atoms with van der Waals surface area (Å²) in [7, 11) is 0. The zero-order valence-corrected chi connectivity index (χ0v) is 15.4. The minimum Gasteiger partial charge on any atom is -0.461 e. The SMILES string of the molecule is CC1CC1c1ccc(/C=C/C(=O)NCc2cccc(NC(=O)C3CC3)c2)o1. The summed E-state index contributed by atoms with van der Waals surface area (Å²) in [5, 5.41) is 5.77. The summed E-state index contributed by atoms with van der Waals surface area (Å²) in [6, 6.07) is 11.4. The Hall–Kier alpha value is -2.82. The van der Waals surface area contributed by atoms with Gasteiger partial charge < -0.3 is 15.1 Å². The number of furan rings is 1. The molecule has 2 aliphatic rings. The molecule has 2 unspecified atom stereocenters. The van der Waals surface area contributed by atoms with Gasteiger partial charge in [-0.15, -0.1) is 0 Å². The molecule has 2 fully saturated rings. The van der Waals surface area contributed by atoms with E-state index >= 15 is 0 Å². The Morgan fingerprint density at radius 2 is 2.04 bits per heavy atom. The fraction of sp³-hybridized carbons (Fsp3) is 0.364. The first-order valence-corrected chi connectivity index (χ1v) is 9.54. The van der Waals surface area contributed by atoms with Crippen molar-refractivity contribution in [1.82, 2.24) is 5.32 Å². The molecule has 1 aromatic heterocycles. The summed E-state index contributed by atoms with van der Waals surface area (Å²) in [4.78, 5) is 23.9. The Morgan fingerprint density at radius 1 is 1.22 bits per heavy atom. The first-order chi connectivity index (χ1) is 13.1. The van der Waals surface area contributed by atoms with Crippen LogP contribution < -0.4 is 10.6 Å². The molecule has 5 heteroatoms. The predicted octanol–water partition coefficient (Wildman–Crippen LogP) is 4.08. The van der Waals surface area contributed by atoms with Crippen LogP contribution in [0.1, 0.15) is 49.2 Å². The maximum atomic E-state index is 12.0. The molecular formula is C22H24N2O3. The van der Waals surface area contributed by atoms with Gasteiger partial charge in [0.2, 0.25) is 11.8 Å². The molecule has 2 aliphatic carbocycles. The molecule has 27 heavy (non-hydrogen) atoms. The second kappa shape index (κ2) is 7.43. The Kier molecular flexibility index (Phi) is 4.84. The van der Waals surface area contributed by atoms with Gasteiger partial charge in [-0.2, -0.15) is 0 Å². The van der Waals surface area contributed by atoms with Gasteiger partial charge >= 0.3 is 0 Å². The van der Waals surface area contributed by atoms with Gasteiger partial charge in [0, 0.05) is 30.1 Å². The van der Waals surface area contributed by atoms with Crippen LogP contribution in [0.4, 0.5) is 5.69 Å². The first-order valence-electron chi connectivity index (χ1n) is 9.54. The molecule has 4 rings (SSSR count). The maximum absolute atomic E-state index is 12.0. The minimum absolute atomic E-state index is 0.0810. The molecular weight excluding hydrogens is 340 g/mol. The molecule has 140 valence electrons. The lowest BCUT2D eigenvalue weighted by Gasteiger charge is -2.07. The Morgan fingerprint density at radius 3 is 2.78 bits per heavy atom. The second-order valence-corrected chi connectivity index (χ2v) is 7.57. The number of hydrogen-bond donors (Lipinski definition) is 2. The van der Waals surface area contributed by atoms with Crippen molar-refractivity contribution in [3.05, 3.63) is 59.6 Å². The summed E-state index contributed by atoms with van der Waals surface area (Å²) in [5.74, 6) is 3.01. The van der Waals surface area contributed by atoms with Gasteiger partial charge in [0.15, 0.2) is 0 Å². The zero-order chi connectivity index (χ0) is 18.8. The van der Waals surface area contributed by atoms with E-state index in [0.717, 1.165) is 29.9 Å². The van der Waals surface area contributed by atoms with Crippen molar-refractivity contribution in [2.45, 2.75) is 38.6 Å². The van der Waals surface area contributed by atoms with Gasteiger partial charge in [-0.05, 0) is 61.1 Å². The number of nitrogens with one attached hydrogen (secondary N) is 2. The van der Waals surface area contributed by atoms with Crippen molar-refractivity contribution >= 4 is 23.6 Å². The fourth-order valence-corrected chi connectivity index (χ4v) is 3.13. The number of hydrogen-bond acceptors (Lipinski definition) is 3. The largest absolute Gasteiger partial charge is 0.461 e. The molecule has 0 aliphatic heterocycles. The molecule has 1 heterocycles. The third-order valence-electron chi connectivity index (χ3n) is 5.13. The van der Waals surface area contributed by atoms with E-state index in [1.807, 2.05) is 36.4 Å². The highest BCUT2D eigenvalue weighted by Crippen LogP contribution is 2.47. The van der Waals surface area contributed by atoms with E-state index in [0.29, 0.717) is 24.1 Å². The molecule has 0 bridgehead atoms. The number of carbonyl (C=O) groups is 2. The highest BCUT2D eigenvalue weighted by atomic mass is 16.3. The van der Waals surface area contributed by atoms with Crippen LogP contribution in [-0.2, 0) is 16.1 Å². The molecule has 2 atom stereocenters. The molecule has 0 radical (unpaired) electrons. The topological polar surface area (TPSA) is 71.3 Å². The summed E-state index contributed by atoms with van der Waals surface area (Å²) in [6.07, 6.45) is 6.31. The number of rotatable bonds is 7. The smallest absolute Gasteiger partial charge is 0.244 e. The Balaban J connectivity index is 1.27. The van der Waals surface area contributed by atoms with Crippen LogP contribution in [0.5, 0.6) is 0 Å².